The molecule has 5 aliphatic rings. The van der Waals surface area contributed by atoms with E-state index >= 15 is 0 Å². The molecule has 8 heteroatoms. The van der Waals surface area contributed by atoms with Gasteiger partial charge in [-0.25, -0.2) is 20.0 Å². The molecule has 8 aromatic rings. The summed E-state index contributed by atoms with van der Waals surface area (Å²) in [5, 5.41) is 25.2. The SMILES string of the molecule is CC(C)(C)c1ccc2cc3c(cc2c1)C1N=C3NC2N=C(NC3N=C(NC4N=C(N1)c1cc5ccc(C(C)(C)C)cc5cc14)c1cc4ccc(C(C)(C)C)cc4cc13)c1cc3ccc(C(C)(C)C)cc3cc12. The quantitative estimate of drug-likeness (QED) is 0.122. The lowest BCUT2D eigenvalue weighted by Crippen LogP contribution is -2.28. The van der Waals surface area contributed by atoms with Crippen LogP contribution in [0.3, 0.4) is 0 Å². The Bertz CT molecular complexity index is 3320. The minimum Gasteiger partial charge on any atom is -0.344 e. The van der Waals surface area contributed by atoms with E-state index in [9.17, 15) is 0 Å². The predicted molar refractivity (Wildman–Crippen MR) is 300 cm³/mol. The maximum absolute atomic E-state index is 5.58. The molecule has 13 rings (SSSR count). The zero-order valence-corrected chi connectivity index (χ0v) is 43.6. The molecule has 8 nitrogen and oxygen atoms in total. The van der Waals surface area contributed by atoms with Crippen molar-refractivity contribution in [2.75, 3.05) is 0 Å². The van der Waals surface area contributed by atoms with Gasteiger partial charge in [-0.15, -0.1) is 0 Å². The summed E-state index contributed by atoms with van der Waals surface area (Å²) in [4.78, 5) is 22.3. The Balaban J connectivity index is 1.02. The highest BCUT2D eigenvalue weighted by Gasteiger charge is 2.38. The molecule has 4 atom stereocenters. The number of hydrogen-bond acceptors (Lipinski definition) is 8. The number of hydrogen-bond donors (Lipinski definition) is 4. The Kier molecular flexibility index (Phi) is 9.36. The predicted octanol–water partition coefficient (Wildman–Crippen LogP) is 14.0. The van der Waals surface area contributed by atoms with Crippen molar-refractivity contribution < 1.29 is 0 Å². The van der Waals surface area contributed by atoms with Gasteiger partial charge in [-0.05, 0) is 136 Å². The zero-order chi connectivity index (χ0) is 50.0. The molecule has 0 spiro atoms. The smallest absolute Gasteiger partial charge is 0.148 e. The van der Waals surface area contributed by atoms with E-state index in [1.165, 1.54) is 65.3 Å². The highest BCUT2D eigenvalue weighted by Crippen LogP contribution is 2.42. The molecule has 8 aromatic carbocycles. The van der Waals surface area contributed by atoms with Crippen LogP contribution in [0.5, 0.6) is 0 Å². The van der Waals surface area contributed by atoms with Gasteiger partial charge < -0.3 is 21.3 Å². The van der Waals surface area contributed by atoms with Gasteiger partial charge in [0.25, 0.3) is 0 Å². The van der Waals surface area contributed by atoms with E-state index in [0.717, 1.165) is 67.9 Å². The van der Waals surface area contributed by atoms with Crippen molar-refractivity contribution in [3.05, 3.63) is 188 Å². The van der Waals surface area contributed by atoms with Gasteiger partial charge in [0, 0.05) is 44.5 Å². The molecule has 0 amide bonds. The van der Waals surface area contributed by atoms with Gasteiger partial charge in [0.05, 0.1) is 0 Å². The summed E-state index contributed by atoms with van der Waals surface area (Å²) >= 11 is 0. The van der Waals surface area contributed by atoms with Crippen LogP contribution in [0.1, 0.15) is 175 Å². The first kappa shape index (κ1) is 44.6. The van der Waals surface area contributed by atoms with Gasteiger partial charge in [0.1, 0.15) is 48.0 Å². The standard InChI is InChI=1S/C64H64N8/c1-61(2,3)41-17-13-33-25-45-49(29-37(33)21-41)57-65-53(45)70-58-51-31-39-23-43(63(7,8)9)19-15-35(39)27-47(51)55(67-58)72-60-52-32-40-24-44(64(10,11)12)20-16-36(40)28-48(52)56(68-60)71-59-50-30-38-22-42(62(4,5)6)18-14-34(38)26-46(50)54(66-59)69-57/h13-32,57-60H,1-12H3,(H,65,70)(H,66,69)(H,67,72)(H,68,71). The Hall–Kier alpha value is -7.32. The molecule has 0 fully saturated rings. The summed E-state index contributed by atoms with van der Waals surface area (Å²) in [5.74, 6) is 3.20. The van der Waals surface area contributed by atoms with Gasteiger partial charge in [0.2, 0.25) is 0 Å². The van der Waals surface area contributed by atoms with Crippen molar-refractivity contribution in [2.45, 2.75) is 129 Å². The fraction of sp³-hybridized carbons (Fsp3) is 0.312. The van der Waals surface area contributed by atoms with Crippen LogP contribution in [-0.2, 0) is 21.7 Å². The molecule has 0 radical (unpaired) electrons. The van der Waals surface area contributed by atoms with E-state index in [-0.39, 0.29) is 21.7 Å². The van der Waals surface area contributed by atoms with Crippen LogP contribution in [0.25, 0.3) is 43.1 Å². The third-order valence-electron chi connectivity index (χ3n) is 15.8. The number of aliphatic imine (C=N–C) groups is 4. The third kappa shape index (κ3) is 7.30. The Morgan fingerprint density at radius 1 is 0.264 bits per heavy atom. The van der Waals surface area contributed by atoms with Crippen molar-refractivity contribution in [1.82, 2.24) is 21.3 Å². The van der Waals surface area contributed by atoms with Crippen LogP contribution in [0.15, 0.2) is 141 Å². The van der Waals surface area contributed by atoms with Crippen LogP contribution in [0.2, 0.25) is 0 Å². The lowest BCUT2D eigenvalue weighted by molar-refractivity contribution is 0.591. The second-order valence-corrected chi connectivity index (χ2v) is 25.1. The Labute approximate surface area is 423 Å². The van der Waals surface area contributed by atoms with E-state index in [0.29, 0.717) is 0 Å². The number of rotatable bonds is 0. The fourth-order valence-electron chi connectivity index (χ4n) is 11.3. The number of amidine groups is 4. The lowest BCUT2D eigenvalue weighted by atomic mass is 9.85. The van der Waals surface area contributed by atoms with Crippen LogP contribution < -0.4 is 21.3 Å². The molecule has 0 saturated carbocycles. The molecule has 0 aromatic heterocycles. The van der Waals surface area contributed by atoms with Gasteiger partial charge in [0.15, 0.2) is 0 Å². The minimum absolute atomic E-state index is 0.00304. The van der Waals surface area contributed by atoms with Gasteiger partial charge >= 0.3 is 0 Å². The van der Waals surface area contributed by atoms with Crippen molar-refractivity contribution in [1.29, 1.82) is 0 Å². The number of nitrogens with one attached hydrogen (secondary N) is 4. The Morgan fingerprint density at radius 2 is 0.472 bits per heavy atom. The molecule has 5 aliphatic heterocycles. The molecular formula is C64H64N8. The summed E-state index contributed by atoms with van der Waals surface area (Å²) in [6, 6.07) is 46.1. The van der Waals surface area contributed by atoms with E-state index in [2.05, 4.69) is 226 Å². The first-order valence-electron chi connectivity index (χ1n) is 25.8. The molecule has 0 saturated heterocycles. The molecular weight excluding hydrogens is 881 g/mol. The monoisotopic (exact) mass is 945 g/mol. The molecule has 5 heterocycles. The minimum atomic E-state index is -0.422. The number of fused-ring (bicyclic) bond motifs is 20. The van der Waals surface area contributed by atoms with Crippen molar-refractivity contribution in [2.24, 2.45) is 20.0 Å². The van der Waals surface area contributed by atoms with Gasteiger partial charge in [-0.2, -0.15) is 0 Å². The van der Waals surface area contributed by atoms with Crippen molar-refractivity contribution in [3.8, 4) is 0 Å². The average Bonchev–Trinajstić information content (AvgIpc) is 4.04. The van der Waals surface area contributed by atoms with Gasteiger partial charge in [-0.1, -0.05) is 156 Å². The summed E-state index contributed by atoms with van der Waals surface area (Å²) in [6.07, 6.45) is -1.69. The molecule has 72 heavy (non-hydrogen) atoms. The molecule has 8 bridgehead atoms. The van der Waals surface area contributed by atoms with E-state index in [1.54, 1.807) is 0 Å². The number of nitrogens with zero attached hydrogens (tertiary/aromatic N) is 4. The maximum Gasteiger partial charge on any atom is 0.148 e. The van der Waals surface area contributed by atoms with E-state index < -0.39 is 24.7 Å². The molecule has 0 aliphatic carbocycles. The third-order valence-corrected chi connectivity index (χ3v) is 15.8. The van der Waals surface area contributed by atoms with E-state index in [4.69, 9.17) is 20.0 Å². The summed E-state index contributed by atoms with van der Waals surface area (Å²) in [5.41, 5.74) is 13.8. The second-order valence-electron chi connectivity index (χ2n) is 25.1. The fourth-order valence-corrected chi connectivity index (χ4v) is 11.3. The molecule has 4 unspecified atom stereocenters. The summed E-state index contributed by atoms with van der Waals surface area (Å²) < 4.78 is 0. The largest absolute Gasteiger partial charge is 0.344 e. The normalized spacial score (nSPS) is 20.2. The first-order valence-corrected chi connectivity index (χ1v) is 25.8. The highest BCUT2D eigenvalue weighted by molar-refractivity contribution is 6.13. The Morgan fingerprint density at radius 3 is 0.667 bits per heavy atom. The topological polar surface area (TPSA) is 97.6 Å². The molecule has 360 valence electrons. The summed E-state index contributed by atoms with van der Waals surface area (Å²) in [6.45, 7) is 27.3. The van der Waals surface area contributed by atoms with Crippen LogP contribution in [-0.4, -0.2) is 23.3 Å². The second kappa shape index (κ2) is 15.1. The highest BCUT2D eigenvalue weighted by atomic mass is 15.3. The van der Waals surface area contributed by atoms with Crippen LogP contribution in [0, 0.1) is 0 Å². The van der Waals surface area contributed by atoms with Crippen molar-refractivity contribution in [3.63, 3.8) is 0 Å². The first-order chi connectivity index (χ1) is 34.1. The van der Waals surface area contributed by atoms with Crippen LogP contribution in [0.4, 0.5) is 0 Å². The number of benzene rings is 8. The lowest BCUT2D eigenvalue weighted by Gasteiger charge is -2.21. The maximum atomic E-state index is 5.58. The van der Waals surface area contributed by atoms with Gasteiger partial charge in [-0.3, -0.25) is 0 Å². The average molecular weight is 945 g/mol. The van der Waals surface area contributed by atoms with E-state index in [1.807, 2.05) is 0 Å². The van der Waals surface area contributed by atoms with Crippen LogP contribution >= 0.6 is 0 Å². The summed E-state index contributed by atoms with van der Waals surface area (Å²) in [7, 11) is 0. The van der Waals surface area contributed by atoms with Crippen molar-refractivity contribution >= 4 is 66.4 Å². The molecule has 4 N–H and O–H groups in total. The zero-order valence-electron chi connectivity index (χ0n) is 43.6.